The summed E-state index contributed by atoms with van der Waals surface area (Å²) < 4.78 is 7.57. The lowest BCUT2D eigenvalue weighted by molar-refractivity contribution is 0.202. The highest BCUT2D eigenvalue weighted by molar-refractivity contribution is 5.40. The van der Waals surface area contributed by atoms with Crippen LogP contribution in [0.2, 0.25) is 0 Å². The number of hydrogen-bond acceptors (Lipinski definition) is 4. The maximum absolute atomic E-state index is 8.94. The summed E-state index contributed by atoms with van der Waals surface area (Å²) in [7, 11) is 0. The van der Waals surface area contributed by atoms with E-state index in [-0.39, 0.29) is 12.7 Å². The zero-order valence-electron chi connectivity index (χ0n) is 10.2. The van der Waals surface area contributed by atoms with Gasteiger partial charge in [0.15, 0.2) is 0 Å². The van der Waals surface area contributed by atoms with Gasteiger partial charge in [0.2, 0.25) is 0 Å². The fourth-order valence-electron chi connectivity index (χ4n) is 2.26. The molecule has 1 N–H and O–H groups in total. The first-order valence-electron chi connectivity index (χ1n) is 6.00. The van der Waals surface area contributed by atoms with Crippen molar-refractivity contribution in [3.05, 3.63) is 41.2 Å². The number of rotatable bonds is 3. The molecule has 1 atom stereocenters. The zero-order chi connectivity index (χ0) is 12.5. The van der Waals surface area contributed by atoms with Gasteiger partial charge in [-0.3, -0.25) is 0 Å². The Bertz CT molecular complexity index is 565. The van der Waals surface area contributed by atoms with Crippen molar-refractivity contribution in [1.29, 1.82) is 0 Å². The van der Waals surface area contributed by atoms with Gasteiger partial charge in [0.05, 0.1) is 19.3 Å². The van der Waals surface area contributed by atoms with Crippen molar-refractivity contribution in [2.75, 3.05) is 0 Å². The molecule has 0 spiro atoms. The third-order valence-electron chi connectivity index (χ3n) is 3.10. The van der Waals surface area contributed by atoms with Gasteiger partial charge in [0.1, 0.15) is 17.5 Å². The smallest absolute Gasteiger partial charge is 0.123 e. The minimum Gasteiger partial charge on any atom is -0.488 e. The van der Waals surface area contributed by atoms with Gasteiger partial charge in [-0.15, -0.1) is 5.10 Å². The van der Waals surface area contributed by atoms with Gasteiger partial charge >= 0.3 is 0 Å². The molecule has 0 aliphatic carbocycles. The third kappa shape index (κ3) is 2.09. The summed E-state index contributed by atoms with van der Waals surface area (Å²) in [4.78, 5) is 0. The molecule has 5 nitrogen and oxygen atoms in total. The molecule has 1 unspecified atom stereocenters. The topological polar surface area (TPSA) is 60.2 Å². The lowest BCUT2D eigenvalue weighted by atomic mass is 10.1. The van der Waals surface area contributed by atoms with Gasteiger partial charge in [-0.25, -0.2) is 4.68 Å². The summed E-state index contributed by atoms with van der Waals surface area (Å²) >= 11 is 0. The quantitative estimate of drug-likeness (QED) is 0.879. The van der Waals surface area contributed by atoms with Crippen molar-refractivity contribution in [2.24, 2.45) is 0 Å². The predicted molar refractivity (Wildman–Crippen MR) is 65.2 cm³/mol. The van der Waals surface area contributed by atoms with E-state index in [0.29, 0.717) is 12.2 Å². The lowest BCUT2D eigenvalue weighted by Gasteiger charge is -2.09. The van der Waals surface area contributed by atoms with Crippen molar-refractivity contribution >= 4 is 0 Å². The van der Waals surface area contributed by atoms with E-state index < -0.39 is 0 Å². The van der Waals surface area contributed by atoms with Crippen LogP contribution in [0.3, 0.4) is 0 Å². The molecular weight excluding hydrogens is 230 g/mol. The first kappa shape index (κ1) is 11.2. The van der Waals surface area contributed by atoms with Crippen molar-refractivity contribution in [3.63, 3.8) is 0 Å². The van der Waals surface area contributed by atoms with E-state index in [2.05, 4.69) is 29.4 Å². The van der Waals surface area contributed by atoms with Gasteiger partial charge in [0, 0.05) is 6.42 Å². The summed E-state index contributed by atoms with van der Waals surface area (Å²) in [6.45, 7) is 2.66. The molecule has 2 aromatic rings. The highest BCUT2D eigenvalue weighted by Gasteiger charge is 2.23. The zero-order valence-corrected chi connectivity index (χ0v) is 10.2. The Balaban J connectivity index is 1.70. The van der Waals surface area contributed by atoms with Crippen LogP contribution in [-0.4, -0.2) is 26.2 Å². The number of nitrogens with zero attached hydrogens (tertiary/aromatic N) is 3. The fraction of sp³-hybridized carbons (Fsp3) is 0.385. The molecule has 3 rings (SSSR count). The fourth-order valence-corrected chi connectivity index (χ4v) is 2.26. The molecule has 5 heteroatoms. The van der Waals surface area contributed by atoms with Crippen LogP contribution in [0.15, 0.2) is 24.4 Å². The van der Waals surface area contributed by atoms with Gasteiger partial charge < -0.3 is 9.84 Å². The van der Waals surface area contributed by atoms with Gasteiger partial charge in [-0.2, -0.15) is 0 Å². The van der Waals surface area contributed by atoms with Crippen molar-refractivity contribution in [1.82, 2.24) is 15.0 Å². The van der Waals surface area contributed by atoms with E-state index in [1.54, 1.807) is 10.9 Å². The number of hydrogen-bond donors (Lipinski definition) is 1. The summed E-state index contributed by atoms with van der Waals surface area (Å²) in [5, 5.41) is 16.7. The van der Waals surface area contributed by atoms with E-state index in [1.165, 1.54) is 11.1 Å². The van der Waals surface area contributed by atoms with Gasteiger partial charge in [-0.05, 0) is 18.6 Å². The number of aliphatic hydroxyl groups excluding tert-OH is 1. The molecule has 0 bridgehead atoms. The Labute approximate surface area is 105 Å². The Hall–Kier alpha value is -1.88. The lowest BCUT2D eigenvalue weighted by Crippen LogP contribution is -2.21. The van der Waals surface area contributed by atoms with Crippen molar-refractivity contribution < 1.29 is 9.84 Å². The molecule has 0 radical (unpaired) electrons. The Morgan fingerprint density at radius 1 is 1.50 bits per heavy atom. The van der Waals surface area contributed by atoms with E-state index in [9.17, 15) is 0 Å². The molecule has 2 heterocycles. The van der Waals surface area contributed by atoms with Gasteiger partial charge in [-0.1, -0.05) is 22.9 Å². The van der Waals surface area contributed by atoms with Crippen LogP contribution < -0.4 is 4.74 Å². The van der Waals surface area contributed by atoms with Crippen molar-refractivity contribution in [2.45, 2.75) is 32.6 Å². The highest BCUT2D eigenvalue weighted by Crippen LogP contribution is 2.29. The van der Waals surface area contributed by atoms with Crippen LogP contribution in [0.25, 0.3) is 0 Å². The van der Waals surface area contributed by atoms with Crippen LogP contribution in [0.4, 0.5) is 0 Å². The van der Waals surface area contributed by atoms with Crippen LogP contribution in [0.5, 0.6) is 5.75 Å². The molecule has 0 amide bonds. The third-order valence-corrected chi connectivity index (χ3v) is 3.10. The second-order valence-corrected chi connectivity index (χ2v) is 4.65. The number of aryl methyl sites for hydroxylation is 1. The molecule has 1 aromatic heterocycles. The molecule has 94 valence electrons. The molecule has 1 aliphatic rings. The molecule has 1 aliphatic heterocycles. The summed E-state index contributed by atoms with van der Waals surface area (Å²) in [6.07, 6.45) is 2.73. The normalized spacial score (nSPS) is 17.6. The monoisotopic (exact) mass is 245 g/mol. The van der Waals surface area contributed by atoms with Crippen molar-refractivity contribution in [3.8, 4) is 5.75 Å². The van der Waals surface area contributed by atoms with E-state index >= 15 is 0 Å². The number of ether oxygens (including phenoxy) is 1. The van der Waals surface area contributed by atoms with E-state index in [4.69, 9.17) is 9.84 Å². The second kappa shape index (κ2) is 4.42. The maximum Gasteiger partial charge on any atom is 0.123 e. The number of fused-ring (bicyclic) bond motifs is 1. The predicted octanol–water partition coefficient (Wildman–Crippen LogP) is 1.08. The largest absolute Gasteiger partial charge is 0.488 e. The SMILES string of the molecule is Cc1ccc2c(c1)CC(Cn1cc(CO)nn1)O2. The molecular formula is C13H15N3O2. The molecule has 0 saturated carbocycles. The second-order valence-electron chi connectivity index (χ2n) is 4.65. The first-order valence-corrected chi connectivity index (χ1v) is 6.00. The summed E-state index contributed by atoms with van der Waals surface area (Å²) in [5.41, 5.74) is 3.09. The summed E-state index contributed by atoms with van der Waals surface area (Å²) in [6, 6.07) is 6.24. The number of aliphatic hydroxyl groups is 1. The molecule has 0 saturated heterocycles. The average Bonchev–Trinajstić information content (AvgIpc) is 2.95. The molecule has 18 heavy (non-hydrogen) atoms. The number of aromatic nitrogens is 3. The van der Waals surface area contributed by atoms with Crippen LogP contribution >= 0.6 is 0 Å². The maximum atomic E-state index is 8.94. The highest BCUT2D eigenvalue weighted by atomic mass is 16.5. The average molecular weight is 245 g/mol. The van der Waals surface area contributed by atoms with E-state index in [0.717, 1.165) is 12.2 Å². The standard InChI is InChI=1S/C13H15N3O2/c1-9-2-3-13-10(4-9)5-12(18-13)7-16-6-11(8-17)14-15-16/h2-4,6,12,17H,5,7-8H2,1H3. The molecule has 1 aromatic carbocycles. The van der Waals surface area contributed by atoms with Crippen LogP contribution in [0.1, 0.15) is 16.8 Å². The van der Waals surface area contributed by atoms with E-state index in [1.807, 2.05) is 6.07 Å². The summed E-state index contributed by atoms with van der Waals surface area (Å²) in [5.74, 6) is 0.966. The van der Waals surface area contributed by atoms with Crippen LogP contribution in [-0.2, 0) is 19.6 Å². The first-order chi connectivity index (χ1) is 8.74. The minimum atomic E-state index is -0.0784. The Morgan fingerprint density at radius 3 is 3.17 bits per heavy atom. The minimum absolute atomic E-state index is 0.0784. The van der Waals surface area contributed by atoms with Gasteiger partial charge in [0.25, 0.3) is 0 Å². The number of benzene rings is 1. The molecule has 0 fully saturated rings. The van der Waals surface area contributed by atoms with Crippen LogP contribution in [0, 0.1) is 6.92 Å². The Kier molecular flexibility index (Phi) is 2.76. The Morgan fingerprint density at radius 2 is 2.39 bits per heavy atom.